The van der Waals surface area contributed by atoms with E-state index in [0.29, 0.717) is 18.3 Å². The number of nitrogens with zero attached hydrogens (tertiary/aromatic N) is 5. The van der Waals surface area contributed by atoms with E-state index in [0.717, 1.165) is 30.5 Å². The Morgan fingerprint density at radius 3 is 2.44 bits per heavy atom. The number of hydrogen-bond donors (Lipinski definition) is 1. The van der Waals surface area contributed by atoms with Crippen LogP contribution in [0.1, 0.15) is 25.6 Å². The molecule has 0 saturated carbocycles. The molecule has 25 heavy (non-hydrogen) atoms. The lowest BCUT2D eigenvalue weighted by Gasteiger charge is -2.29. The lowest BCUT2D eigenvalue weighted by molar-refractivity contribution is -0.118. The van der Waals surface area contributed by atoms with Gasteiger partial charge >= 0.3 is 5.69 Å². The van der Waals surface area contributed by atoms with Crippen molar-refractivity contribution in [2.24, 2.45) is 25.7 Å². The average molecular weight is 348 g/mol. The summed E-state index contributed by atoms with van der Waals surface area (Å²) in [7, 11) is 2.98. The van der Waals surface area contributed by atoms with Gasteiger partial charge in [-0.2, -0.15) is 0 Å². The van der Waals surface area contributed by atoms with E-state index in [2.05, 4.69) is 16.8 Å². The first-order valence-electron chi connectivity index (χ1n) is 8.45. The fraction of sp³-hybridized carbons (Fsp3) is 0.625. The molecule has 1 aliphatic rings. The molecular formula is C16H24N6O3. The number of fused-ring (bicyclic) bond motifs is 1. The fourth-order valence-corrected chi connectivity index (χ4v) is 3.36. The highest BCUT2D eigenvalue weighted by atomic mass is 16.2. The highest BCUT2D eigenvalue weighted by molar-refractivity contribution is 5.78. The third-order valence-corrected chi connectivity index (χ3v) is 4.98. The van der Waals surface area contributed by atoms with E-state index in [4.69, 9.17) is 5.73 Å². The third-order valence-electron chi connectivity index (χ3n) is 4.98. The van der Waals surface area contributed by atoms with Gasteiger partial charge in [-0.25, -0.2) is 9.78 Å². The van der Waals surface area contributed by atoms with E-state index < -0.39 is 17.2 Å². The van der Waals surface area contributed by atoms with Gasteiger partial charge in [-0.05, 0) is 31.8 Å². The van der Waals surface area contributed by atoms with E-state index in [1.807, 2.05) is 0 Å². The zero-order chi connectivity index (χ0) is 18.3. The minimum Gasteiger partial charge on any atom is -0.368 e. The minimum absolute atomic E-state index is 0.135. The highest BCUT2D eigenvalue weighted by Crippen LogP contribution is 2.19. The van der Waals surface area contributed by atoms with E-state index in [1.165, 1.54) is 11.6 Å². The number of imidazole rings is 1. The van der Waals surface area contributed by atoms with Crippen LogP contribution in [-0.2, 0) is 32.0 Å². The van der Waals surface area contributed by atoms with Gasteiger partial charge in [0.2, 0.25) is 5.91 Å². The van der Waals surface area contributed by atoms with Crippen LogP contribution >= 0.6 is 0 Å². The van der Waals surface area contributed by atoms with Crippen LogP contribution in [0.4, 0.5) is 0 Å². The average Bonchev–Trinajstić information content (AvgIpc) is 2.91. The summed E-state index contributed by atoms with van der Waals surface area (Å²) in [5, 5.41) is 0. The Morgan fingerprint density at radius 1 is 1.20 bits per heavy atom. The molecule has 3 heterocycles. The number of carbonyl (C=O) groups excluding carboxylic acids is 1. The first-order chi connectivity index (χ1) is 11.8. The van der Waals surface area contributed by atoms with Gasteiger partial charge in [0.1, 0.15) is 12.4 Å². The van der Waals surface area contributed by atoms with Gasteiger partial charge < -0.3 is 10.3 Å². The van der Waals surface area contributed by atoms with Crippen molar-refractivity contribution < 1.29 is 4.79 Å². The van der Waals surface area contributed by atoms with E-state index in [-0.39, 0.29) is 17.7 Å². The summed E-state index contributed by atoms with van der Waals surface area (Å²) in [6.07, 6.45) is 2.21. The summed E-state index contributed by atoms with van der Waals surface area (Å²) in [5.41, 5.74) is 4.99. The Hall–Kier alpha value is -2.42. The van der Waals surface area contributed by atoms with Crippen molar-refractivity contribution in [2.75, 3.05) is 13.1 Å². The van der Waals surface area contributed by atoms with Crippen LogP contribution in [0.25, 0.3) is 11.2 Å². The van der Waals surface area contributed by atoms with Gasteiger partial charge in [-0.3, -0.25) is 23.6 Å². The molecule has 0 unspecified atom stereocenters. The van der Waals surface area contributed by atoms with E-state index in [9.17, 15) is 14.4 Å². The molecule has 1 fully saturated rings. The van der Waals surface area contributed by atoms with Gasteiger partial charge in [0.25, 0.3) is 5.56 Å². The first-order valence-corrected chi connectivity index (χ1v) is 8.45. The molecule has 1 aliphatic heterocycles. The second-order valence-corrected chi connectivity index (χ2v) is 6.92. The third kappa shape index (κ3) is 3.11. The summed E-state index contributed by atoms with van der Waals surface area (Å²) in [5.74, 6) is 0.735. The second-order valence-electron chi connectivity index (χ2n) is 6.92. The second kappa shape index (κ2) is 6.47. The zero-order valence-corrected chi connectivity index (χ0v) is 14.9. The Balaban J connectivity index is 2.12. The maximum absolute atomic E-state index is 12.6. The van der Waals surface area contributed by atoms with Crippen LogP contribution in [0.15, 0.2) is 9.59 Å². The summed E-state index contributed by atoms with van der Waals surface area (Å²) in [4.78, 5) is 43.0. The number of carbonyl (C=O) groups is 1. The summed E-state index contributed by atoms with van der Waals surface area (Å²) < 4.78 is 3.90. The Bertz CT molecular complexity index is 930. The number of amides is 1. The Morgan fingerprint density at radius 2 is 1.84 bits per heavy atom. The molecule has 0 radical (unpaired) electrons. The Labute approximate surface area is 144 Å². The molecule has 1 amide bonds. The van der Waals surface area contributed by atoms with Crippen LogP contribution in [0.3, 0.4) is 0 Å². The van der Waals surface area contributed by atoms with Crippen molar-refractivity contribution in [2.45, 2.75) is 32.9 Å². The molecule has 2 aromatic heterocycles. The summed E-state index contributed by atoms with van der Waals surface area (Å²) in [6, 6.07) is 0. The quantitative estimate of drug-likeness (QED) is 0.774. The molecule has 2 N–H and O–H groups in total. The first kappa shape index (κ1) is 17.4. The van der Waals surface area contributed by atoms with Crippen molar-refractivity contribution in [1.29, 1.82) is 0 Å². The van der Waals surface area contributed by atoms with Crippen LogP contribution in [0.5, 0.6) is 0 Å². The molecule has 136 valence electrons. The molecule has 0 spiro atoms. The minimum atomic E-state index is -0.552. The molecule has 1 saturated heterocycles. The molecule has 9 nitrogen and oxygen atoms in total. The van der Waals surface area contributed by atoms with Crippen molar-refractivity contribution in [3.8, 4) is 0 Å². The monoisotopic (exact) mass is 348 g/mol. The number of hydrogen-bond acceptors (Lipinski definition) is 5. The fourth-order valence-electron chi connectivity index (χ4n) is 3.36. The highest BCUT2D eigenvalue weighted by Gasteiger charge is 2.23. The molecule has 3 rings (SSSR count). The van der Waals surface area contributed by atoms with Crippen LogP contribution in [-0.4, -0.2) is 42.6 Å². The maximum Gasteiger partial charge on any atom is 0.332 e. The number of rotatable bonds is 4. The Kier molecular flexibility index (Phi) is 4.51. The molecule has 2 aromatic rings. The van der Waals surface area contributed by atoms with Crippen LogP contribution in [0.2, 0.25) is 0 Å². The number of likely N-dealkylation sites (tertiary alicyclic amines) is 1. The normalized spacial score (nSPS) is 16.6. The van der Waals surface area contributed by atoms with E-state index >= 15 is 0 Å². The van der Waals surface area contributed by atoms with Crippen molar-refractivity contribution in [3.05, 3.63) is 26.7 Å². The molecular weight excluding hydrogens is 324 g/mol. The van der Waals surface area contributed by atoms with Gasteiger partial charge in [-0.15, -0.1) is 0 Å². The zero-order valence-electron chi connectivity index (χ0n) is 14.9. The largest absolute Gasteiger partial charge is 0.368 e. The maximum atomic E-state index is 12.6. The van der Waals surface area contributed by atoms with E-state index in [1.54, 1.807) is 11.6 Å². The number of aryl methyl sites for hydroxylation is 1. The van der Waals surface area contributed by atoms with Crippen molar-refractivity contribution >= 4 is 17.1 Å². The van der Waals surface area contributed by atoms with Gasteiger partial charge in [0, 0.05) is 14.1 Å². The lowest BCUT2D eigenvalue weighted by Crippen LogP contribution is -2.38. The topological polar surface area (TPSA) is 108 Å². The molecule has 0 atom stereocenters. The van der Waals surface area contributed by atoms with Crippen LogP contribution in [0, 0.1) is 5.92 Å². The standard InChI is InChI=1S/C16H24N6O3/c1-10-4-6-21(7-5-10)9-12-18-14-13(22(12)8-11(17)23)15(24)20(3)16(25)19(14)2/h10H,4-9H2,1-3H3,(H2,17,23). The molecule has 9 heteroatoms. The van der Waals surface area contributed by atoms with Gasteiger partial charge in [0.05, 0.1) is 6.54 Å². The van der Waals surface area contributed by atoms with Crippen LogP contribution < -0.4 is 17.0 Å². The number of nitrogens with two attached hydrogens (primary N) is 1. The molecule has 0 aromatic carbocycles. The van der Waals surface area contributed by atoms with Crippen molar-refractivity contribution in [3.63, 3.8) is 0 Å². The number of primary amides is 1. The summed E-state index contributed by atoms with van der Waals surface area (Å²) in [6.45, 7) is 4.50. The number of piperidine rings is 1. The smallest absolute Gasteiger partial charge is 0.332 e. The van der Waals surface area contributed by atoms with Gasteiger partial charge in [-0.1, -0.05) is 6.92 Å². The number of aromatic nitrogens is 4. The predicted molar refractivity (Wildman–Crippen MR) is 93.1 cm³/mol. The summed E-state index contributed by atoms with van der Waals surface area (Å²) >= 11 is 0. The molecule has 0 aliphatic carbocycles. The van der Waals surface area contributed by atoms with Crippen molar-refractivity contribution in [1.82, 2.24) is 23.6 Å². The predicted octanol–water partition coefficient (Wildman–Crippen LogP) is -0.849. The SMILES string of the molecule is CC1CCN(Cc2nc3c(c(=O)n(C)c(=O)n3C)n2CC(N)=O)CC1. The lowest BCUT2D eigenvalue weighted by atomic mass is 9.99. The molecule has 0 bridgehead atoms. The van der Waals surface area contributed by atoms with Gasteiger partial charge in [0.15, 0.2) is 11.2 Å².